The van der Waals surface area contributed by atoms with Gasteiger partial charge in [0.25, 0.3) is 0 Å². The van der Waals surface area contributed by atoms with Gasteiger partial charge in [-0.1, -0.05) is 199 Å². The number of nitrogens with zero attached hydrogens (tertiary/aromatic N) is 1. The summed E-state index contributed by atoms with van der Waals surface area (Å²) in [6.45, 7) is 4.75. The number of carboxylic acids is 1. The Labute approximate surface area is 376 Å². The Bertz CT molecular complexity index is 1050. The highest BCUT2D eigenvalue weighted by Gasteiger charge is 2.22. The molecule has 9 heteroatoms. The van der Waals surface area contributed by atoms with Gasteiger partial charge in [0, 0.05) is 12.8 Å². The minimum Gasteiger partial charge on any atom is -0.545 e. The van der Waals surface area contributed by atoms with E-state index in [0.29, 0.717) is 23.9 Å². The van der Waals surface area contributed by atoms with Crippen LogP contribution in [0.15, 0.2) is 24.3 Å². The predicted octanol–water partition coefficient (Wildman–Crippen LogP) is 12.7. The lowest BCUT2D eigenvalue weighted by Gasteiger charge is -2.26. The number of aliphatic carboxylic acids is 1. The molecule has 0 aliphatic heterocycles. The normalized spacial score (nSPS) is 13.0. The number of allylic oxidation sites excluding steroid dienone is 4. The number of carbonyl (C=O) groups excluding carboxylic acids is 3. The number of hydrogen-bond donors (Lipinski definition) is 0. The molecule has 0 bridgehead atoms. The summed E-state index contributed by atoms with van der Waals surface area (Å²) in [5.74, 6) is -2.28. The molecular formula is C52H97NO8. The van der Waals surface area contributed by atoms with Crippen LogP contribution in [0.5, 0.6) is 0 Å². The maximum Gasteiger partial charge on any atom is 0.306 e. The molecule has 0 saturated carbocycles. The molecule has 2 atom stereocenters. The van der Waals surface area contributed by atoms with Crippen LogP contribution in [-0.4, -0.2) is 82.3 Å². The summed E-state index contributed by atoms with van der Waals surface area (Å²) in [5.41, 5.74) is 0. The zero-order chi connectivity index (χ0) is 44.9. The summed E-state index contributed by atoms with van der Waals surface area (Å²) in [7, 11) is 5.92. The number of rotatable bonds is 47. The third-order valence-electron chi connectivity index (χ3n) is 11.2. The number of ether oxygens (including phenoxy) is 4. The average molecular weight is 864 g/mol. The van der Waals surface area contributed by atoms with Gasteiger partial charge in [0.1, 0.15) is 13.2 Å². The van der Waals surface area contributed by atoms with Gasteiger partial charge in [-0.25, -0.2) is 0 Å². The van der Waals surface area contributed by atoms with Crippen molar-refractivity contribution < 1.29 is 42.9 Å². The average Bonchev–Trinajstić information content (AvgIpc) is 3.22. The summed E-state index contributed by atoms with van der Waals surface area (Å²) in [6, 6.07) is 0. The first-order valence-electron chi connectivity index (χ1n) is 25.5. The minimum absolute atomic E-state index is 0.148. The standard InChI is InChI=1S/C52H97NO8/c1-6-8-10-12-14-16-18-20-22-24-26-28-30-32-34-36-38-40-42-49(54)59-46-48(47-60-52(51(56)57)58-45-44-53(3,4)5)61-50(55)43-41-39-37-35-33-31-29-27-25-23-21-19-17-15-13-11-9-7-2/h17,19,23,25,48,52H,6-16,18,20-22,24,26-47H2,1-5H3/b19-17-,25-23-. The van der Waals surface area contributed by atoms with Crippen molar-refractivity contribution in [2.45, 2.75) is 245 Å². The van der Waals surface area contributed by atoms with Crippen molar-refractivity contribution in [3.05, 3.63) is 24.3 Å². The minimum atomic E-state index is -1.62. The molecule has 0 amide bonds. The molecule has 0 rings (SSSR count). The number of unbranched alkanes of at least 4 members (excludes halogenated alkanes) is 28. The van der Waals surface area contributed by atoms with E-state index >= 15 is 0 Å². The molecule has 0 radical (unpaired) electrons. The van der Waals surface area contributed by atoms with E-state index in [1.54, 1.807) is 0 Å². The second-order valence-electron chi connectivity index (χ2n) is 18.5. The van der Waals surface area contributed by atoms with Crippen molar-refractivity contribution in [1.29, 1.82) is 0 Å². The Hall–Kier alpha value is -2.23. The fourth-order valence-corrected chi connectivity index (χ4v) is 7.21. The van der Waals surface area contributed by atoms with E-state index in [1.807, 2.05) is 21.1 Å². The second kappa shape index (κ2) is 44.4. The second-order valence-corrected chi connectivity index (χ2v) is 18.5. The quantitative estimate of drug-likeness (QED) is 0.0195. The van der Waals surface area contributed by atoms with Crippen molar-refractivity contribution in [1.82, 2.24) is 0 Å². The molecule has 0 aliphatic rings. The Morgan fingerprint density at radius 2 is 0.885 bits per heavy atom. The van der Waals surface area contributed by atoms with Crippen LogP contribution in [0.4, 0.5) is 0 Å². The SMILES string of the molecule is CCCCCC/C=C\C/C=C\CCCCCCCCCC(=O)OC(COC(=O)CCCCCCCCCCCCCCCCCCCC)COC(OCC[N+](C)(C)C)C(=O)[O-]. The number of quaternary nitrogens is 1. The molecule has 0 aromatic rings. The number of carboxylic acid groups (broad SMARTS) is 1. The van der Waals surface area contributed by atoms with Crippen molar-refractivity contribution in [3.63, 3.8) is 0 Å². The van der Waals surface area contributed by atoms with Gasteiger partial charge in [0.2, 0.25) is 0 Å². The highest BCUT2D eigenvalue weighted by atomic mass is 16.7. The van der Waals surface area contributed by atoms with E-state index in [0.717, 1.165) is 51.4 Å². The summed E-state index contributed by atoms with van der Waals surface area (Å²) in [5, 5.41) is 11.7. The van der Waals surface area contributed by atoms with E-state index in [9.17, 15) is 19.5 Å². The monoisotopic (exact) mass is 864 g/mol. The van der Waals surface area contributed by atoms with Crippen LogP contribution in [0.1, 0.15) is 232 Å². The molecule has 0 spiro atoms. The van der Waals surface area contributed by atoms with E-state index in [-0.39, 0.29) is 32.2 Å². The third-order valence-corrected chi connectivity index (χ3v) is 11.2. The maximum absolute atomic E-state index is 12.8. The number of likely N-dealkylation sites (N-methyl/N-ethyl adjacent to an activating group) is 1. The number of carbonyl (C=O) groups is 3. The molecule has 358 valence electrons. The van der Waals surface area contributed by atoms with Crippen LogP contribution in [-0.2, 0) is 33.3 Å². The molecule has 0 aromatic heterocycles. The molecule has 9 nitrogen and oxygen atoms in total. The van der Waals surface area contributed by atoms with Gasteiger partial charge < -0.3 is 33.3 Å². The lowest BCUT2D eigenvalue weighted by atomic mass is 10.0. The molecule has 0 heterocycles. The van der Waals surface area contributed by atoms with E-state index in [4.69, 9.17) is 18.9 Å². The van der Waals surface area contributed by atoms with E-state index in [1.165, 1.54) is 148 Å². The smallest absolute Gasteiger partial charge is 0.306 e. The fraction of sp³-hybridized carbons (Fsp3) is 0.865. The zero-order valence-electron chi connectivity index (χ0n) is 40.5. The Morgan fingerprint density at radius 3 is 1.31 bits per heavy atom. The predicted molar refractivity (Wildman–Crippen MR) is 251 cm³/mol. The third kappa shape index (κ3) is 45.6. The molecular weight excluding hydrogens is 767 g/mol. The zero-order valence-corrected chi connectivity index (χ0v) is 40.5. The molecule has 61 heavy (non-hydrogen) atoms. The van der Waals surface area contributed by atoms with Gasteiger partial charge in [0.05, 0.1) is 40.3 Å². The van der Waals surface area contributed by atoms with Crippen LogP contribution in [0.3, 0.4) is 0 Å². The van der Waals surface area contributed by atoms with E-state index < -0.39 is 24.3 Å². The number of hydrogen-bond acceptors (Lipinski definition) is 8. The highest BCUT2D eigenvalue weighted by molar-refractivity contribution is 5.70. The van der Waals surface area contributed by atoms with Gasteiger partial charge in [-0.15, -0.1) is 0 Å². The molecule has 2 unspecified atom stereocenters. The summed E-state index contributed by atoms with van der Waals surface area (Å²) in [6.07, 6.45) is 46.3. The first kappa shape index (κ1) is 58.8. The van der Waals surface area contributed by atoms with Gasteiger partial charge in [0.15, 0.2) is 12.4 Å². The van der Waals surface area contributed by atoms with Gasteiger partial charge in [-0.3, -0.25) is 9.59 Å². The first-order chi connectivity index (χ1) is 29.6. The Kier molecular flexibility index (Phi) is 42.8. The topological polar surface area (TPSA) is 111 Å². The molecule has 0 saturated heterocycles. The van der Waals surface area contributed by atoms with Gasteiger partial charge in [-0.05, 0) is 44.9 Å². The molecule has 0 aliphatic carbocycles. The van der Waals surface area contributed by atoms with Crippen LogP contribution in [0.2, 0.25) is 0 Å². The first-order valence-corrected chi connectivity index (χ1v) is 25.5. The van der Waals surface area contributed by atoms with Crippen LogP contribution in [0.25, 0.3) is 0 Å². The van der Waals surface area contributed by atoms with Crippen LogP contribution in [0, 0.1) is 0 Å². The fourth-order valence-electron chi connectivity index (χ4n) is 7.21. The van der Waals surface area contributed by atoms with Crippen molar-refractivity contribution in [3.8, 4) is 0 Å². The Morgan fingerprint density at radius 1 is 0.492 bits per heavy atom. The molecule has 0 N–H and O–H groups in total. The lowest BCUT2D eigenvalue weighted by molar-refractivity contribution is -0.870. The largest absolute Gasteiger partial charge is 0.545 e. The summed E-state index contributed by atoms with van der Waals surface area (Å²) < 4.78 is 22.6. The van der Waals surface area contributed by atoms with Gasteiger partial charge >= 0.3 is 11.9 Å². The lowest BCUT2D eigenvalue weighted by Crippen LogP contribution is -2.44. The number of esters is 2. The van der Waals surface area contributed by atoms with Crippen LogP contribution < -0.4 is 5.11 Å². The summed E-state index contributed by atoms with van der Waals surface area (Å²) in [4.78, 5) is 37.1. The van der Waals surface area contributed by atoms with E-state index in [2.05, 4.69) is 38.2 Å². The van der Waals surface area contributed by atoms with Crippen molar-refractivity contribution in [2.24, 2.45) is 0 Å². The molecule has 0 fully saturated rings. The van der Waals surface area contributed by atoms with Gasteiger partial charge in [-0.2, -0.15) is 0 Å². The van der Waals surface area contributed by atoms with Crippen LogP contribution >= 0.6 is 0 Å². The van der Waals surface area contributed by atoms with Crippen molar-refractivity contribution >= 4 is 17.9 Å². The maximum atomic E-state index is 12.8. The highest BCUT2D eigenvalue weighted by Crippen LogP contribution is 2.16. The Balaban J connectivity index is 4.34. The summed E-state index contributed by atoms with van der Waals surface area (Å²) >= 11 is 0. The molecule has 0 aromatic carbocycles. The van der Waals surface area contributed by atoms with Crippen molar-refractivity contribution in [2.75, 3.05) is 47.5 Å².